The molecule has 0 saturated heterocycles. The van der Waals surface area contributed by atoms with E-state index in [-0.39, 0.29) is 62.0 Å². The van der Waals surface area contributed by atoms with Crippen molar-refractivity contribution in [2.75, 3.05) is 0 Å². The molecular formula is H6Na2O10P2S. The van der Waals surface area contributed by atoms with Crippen LogP contribution in [-0.4, -0.2) is 28.0 Å². The van der Waals surface area contributed by atoms with Gasteiger partial charge in [-0.2, -0.15) is 8.42 Å². The Morgan fingerprint density at radius 1 is 0.867 bits per heavy atom. The molecule has 0 aromatic rings. The fourth-order valence-electron chi connectivity index (χ4n) is 0.251. The molecule has 84 valence electrons. The predicted molar refractivity (Wildman–Crippen MR) is 37.4 cm³/mol. The molecule has 15 heavy (non-hydrogen) atoms. The first kappa shape index (κ1) is 22.4. The molecule has 0 heterocycles. The molecule has 0 bridgehead atoms. The first-order chi connectivity index (χ1) is 5.41. The van der Waals surface area contributed by atoms with Crippen LogP contribution in [0, 0.1) is 0 Å². The Balaban J connectivity index is -0.000000120. The molecule has 0 spiro atoms. The zero-order chi connectivity index (χ0) is 10.9. The molecule has 0 amide bonds. The van der Waals surface area contributed by atoms with E-state index in [2.05, 4.69) is 7.94 Å². The van der Waals surface area contributed by atoms with E-state index in [0.29, 0.717) is 0 Å². The quantitative estimate of drug-likeness (QED) is 0.289. The van der Waals surface area contributed by atoms with Gasteiger partial charge in [0, 0.05) is 0 Å². The van der Waals surface area contributed by atoms with Gasteiger partial charge in [0.15, 0.2) is 0 Å². The second kappa shape index (κ2) is 7.57. The van der Waals surface area contributed by atoms with Crippen LogP contribution >= 0.6 is 15.6 Å². The van der Waals surface area contributed by atoms with Crippen molar-refractivity contribution in [3.63, 3.8) is 0 Å². The van der Waals surface area contributed by atoms with Gasteiger partial charge in [-0.25, -0.2) is 9.13 Å². The van der Waals surface area contributed by atoms with E-state index in [1.807, 2.05) is 0 Å². The Kier molecular flexibility index (Phi) is 11.3. The van der Waals surface area contributed by atoms with Crippen LogP contribution in [0.5, 0.6) is 0 Å². The Morgan fingerprint density at radius 3 is 1.20 bits per heavy atom. The topological polar surface area (TPSA) is 168 Å². The molecule has 0 aromatic carbocycles. The Hall–Kier alpha value is 2.17. The van der Waals surface area contributed by atoms with Crippen LogP contribution in [0.2, 0.25) is 0 Å². The Labute approximate surface area is 132 Å². The Morgan fingerprint density at radius 2 is 1.07 bits per heavy atom. The van der Waals surface area contributed by atoms with Crippen LogP contribution in [0.15, 0.2) is 0 Å². The summed E-state index contributed by atoms with van der Waals surface area (Å²) in [5, 5.41) is 0. The second-order valence-electron chi connectivity index (χ2n) is 1.54. The predicted octanol–water partition coefficient (Wildman–Crippen LogP) is -7.32. The summed E-state index contributed by atoms with van der Waals surface area (Å²) in [5.41, 5.74) is 0. The molecule has 15 heteroatoms. The van der Waals surface area contributed by atoms with Gasteiger partial charge in [-0.1, -0.05) is 0 Å². The van der Waals surface area contributed by atoms with Crippen molar-refractivity contribution in [1.29, 1.82) is 0 Å². The van der Waals surface area contributed by atoms with Crippen LogP contribution in [0.3, 0.4) is 0 Å². The average molecular weight is 306 g/mol. The van der Waals surface area contributed by atoms with Crippen LogP contribution in [0.1, 0.15) is 2.85 Å². The van der Waals surface area contributed by atoms with Crippen LogP contribution in [0.25, 0.3) is 0 Å². The minimum atomic E-state index is -5.43. The van der Waals surface area contributed by atoms with Crippen molar-refractivity contribution in [1.82, 2.24) is 0 Å². The zero-order valence-corrected chi connectivity index (χ0v) is 14.1. The van der Waals surface area contributed by atoms with Gasteiger partial charge >= 0.3 is 85.2 Å². The molecule has 0 fully saturated rings. The molecule has 0 atom stereocenters. The number of hydrogen-bond donors (Lipinski definition) is 4. The summed E-state index contributed by atoms with van der Waals surface area (Å²) in [4.78, 5) is 31.7. The van der Waals surface area contributed by atoms with Gasteiger partial charge in [-0.05, 0) is 0 Å². The van der Waals surface area contributed by atoms with Gasteiger partial charge in [-0.3, -0.25) is 0 Å². The first-order valence-electron chi connectivity index (χ1n) is 2.20. The van der Waals surface area contributed by atoms with Crippen LogP contribution in [-0.2, 0) is 27.5 Å². The van der Waals surface area contributed by atoms with Crippen molar-refractivity contribution < 1.29 is 107 Å². The SMILES string of the molecule is O=P(O)(O)OS(=O)(=O)OP(=O)(O)O.[H-].[H-].[Na+].[Na+]. The minimum Gasteiger partial charge on any atom is -1.00 e. The number of hydrogen-bond acceptors (Lipinski definition) is 6. The smallest absolute Gasteiger partial charge is 1.00 e. The number of rotatable bonds is 4. The molecule has 10 nitrogen and oxygen atoms in total. The van der Waals surface area contributed by atoms with E-state index in [4.69, 9.17) is 19.6 Å². The molecule has 0 radical (unpaired) electrons. The van der Waals surface area contributed by atoms with E-state index in [1.54, 1.807) is 0 Å². The Bertz CT molecular complexity index is 336. The van der Waals surface area contributed by atoms with Gasteiger partial charge in [-0.15, -0.1) is 7.94 Å². The van der Waals surface area contributed by atoms with Crippen molar-refractivity contribution in [3.8, 4) is 0 Å². The number of phosphoric acid groups is 2. The van der Waals surface area contributed by atoms with Gasteiger partial charge < -0.3 is 22.4 Å². The standard InChI is InChI=1S/2Na.H4O10P2S.2H/c;;1-11(2,3)9-13(7,8)10-12(4,5)6;;/h;;(H2,1,2,3)(H2,4,5,6);;/q2*+1;;2*-1. The fourth-order valence-corrected chi connectivity index (χ4v) is 2.51. The molecule has 0 aliphatic rings. The molecule has 0 saturated carbocycles. The summed E-state index contributed by atoms with van der Waals surface area (Å²) < 4.78 is 46.1. The maximum Gasteiger partial charge on any atom is 1.00 e. The summed E-state index contributed by atoms with van der Waals surface area (Å²) in [6, 6.07) is 0. The third-order valence-electron chi connectivity index (χ3n) is 0.377. The van der Waals surface area contributed by atoms with E-state index in [0.717, 1.165) is 0 Å². The largest absolute Gasteiger partial charge is 1.00 e. The normalized spacial score (nSPS) is 12.5. The monoisotopic (exact) mass is 306 g/mol. The minimum absolute atomic E-state index is 0. The summed E-state index contributed by atoms with van der Waals surface area (Å²) in [7, 11) is -16.3. The van der Waals surface area contributed by atoms with Crippen LogP contribution < -0.4 is 59.1 Å². The van der Waals surface area contributed by atoms with Gasteiger partial charge in [0.2, 0.25) is 0 Å². The van der Waals surface area contributed by atoms with Gasteiger partial charge in [0.1, 0.15) is 0 Å². The zero-order valence-electron chi connectivity index (χ0n) is 9.54. The fraction of sp³-hybridized carbons (Fsp3) is 0. The molecule has 0 rings (SSSR count). The third kappa shape index (κ3) is 16.2. The van der Waals surface area contributed by atoms with Gasteiger partial charge in [0.25, 0.3) is 0 Å². The second-order valence-corrected chi connectivity index (χ2v) is 5.51. The molecule has 0 aliphatic heterocycles. The van der Waals surface area contributed by atoms with E-state index in [9.17, 15) is 17.5 Å². The van der Waals surface area contributed by atoms with E-state index in [1.165, 1.54) is 0 Å². The van der Waals surface area contributed by atoms with E-state index < -0.39 is 26.0 Å². The molecule has 0 aromatic heterocycles. The summed E-state index contributed by atoms with van der Waals surface area (Å²) in [6.07, 6.45) is 0. The maximum absolute atomic E-state index is 10.2. The molecular weight excluding hydrogens is 300 g/mol. The summed E-state index contributed by atoms with van der Waals surface area (Å²) in [5.74, 6) is 0. The maximum atomic E-state index is 10.2. The first-order valence-corrected chi connectivity index (χ1v) is 6.59. The van der Waals surface area contributed by atoms with Crippen molar-refractivity contribution in [2.45, 2.75) is 0 Å². The summed E-state index contributed by atoms with van der Waals surface area (Å²) >= 11 is 0. The third-order valence-corrected chi connectivity index (χ3v) is 3.39. The molecule has 4 N–H and O–H groups in total. The van der Waals surface area contributed by atoms with E-state index >= 15 is 0 Å². The molecule has 0 unspecified atom stereocenters. The summed E-state index contributed by atoms with van der Waals surface area (Å²) in [6.45, 7) is 0. The molecule has 0 aliphatic carbocycles. The van der Waals surface area contributed by atoms with Crippen LogP contribution in [0.4, 0.5) is 0 Å². The van der Waals surface area contributed by atoms with Crippen molar-refractivity contribution in [3.05, 3.63) is 0 Å². The van der Waals surface area contributed by atoms with Gasteiger partial charge in [0.05, 0.1) is 0 Å². The van der Waals surface area contributed by atoms with Crippen molar-refractivity contribution in [2.24, 2.45) is 0 Å². The van der Waals surface area contributed by atoms with Crippen molar-refractivity contribution >= 4 is 26.0 Å². The average Bonchev–Trinajstić information content (AvgIpc) is 1.43.